The van der Waals surface area contributed by atoms with Crippen molar-refractivity contribution < 1.29 is 9.47 Å². The van der Waals surface area contributed by atoms with E-state index < -0.39 is 0 Å². The molecule has 20 heavy (non-hydrogen) atoms. The lowest BCUT2D eigenvalue weighted by molar-refractivity contribution is -0.0810. The summed E-state index contributed by atoms with van der Waals surface area (Å²) in [5.41, 5.74) is 3.77. The fourth-order valence-electron chi connectivity index (χ4n) is 3.54. The largest absolute Gasteiger partial charge is 0.496 e. The van der Waals surface area contributed by atoms with Crippen molar-refractivity contribution in [2.45, 2.75) is 44.2 Å². The minimum Gasteiger partial charge on any atom is -0.496 e. The van der Waals surface area contributed by atoms with Crippen LogP contribution >= 0.6 is 0 Å². The maximum absolute atomic E-state index is 5.96. The van der Waals surface area contributed by atoms with Crippen LogP contribution in [0.1, 0.15) is 44.2 Å². The van der Waals surface area contributed by atoms with Gasteiger partial charge in [-0.25, -0.2) is 5.43 Å². The van der Waals surface area contributed by atoms with Gasteiger partial charge in [-0.3, -0.25) is 5.84 Å². The number of hydrogen-bond acceptors (Lipinski definition) is 4. The zero-order valence-electron chi connectivity index (χ0n) is 12.7. The third-order valence-electron chi connectivity index (χ3n) is 4.54. The molecule has 1 aromatic rings. The average molecular weight is 278 g/mol. The number of nitrogens with two attached hydrogens (primary N) is 1. The number of nitrogens with one attached hydrogen (secondary N) is 1. The summed E-state index contributed by atoms with van der Waals surface area (Å²) < 4.78 is 11.4. The zero-order chi connectivity index (χ0) is 14.6. The molecule has 0 spiro atoms. The number of rotatable bonds is 5. The van der Waals surface area contributed by atoms with E-state index in [0.717, 1.165) is 24.2 Å². The van der Waals surface area contributed by atoms with Crippen molar-refractivity contribution in [3.63, 3.8) is 0 Å². The maximum Gasteiger partial charge on any atom is 0.123 e. The number of ether oxygens (including phenoxy) is 2. The normalized spacial score (nSPS) is 28.1. The van der Waals surface area contributed by atoms with E-state index in [0.29, 0.717) is 5.92 Å². The van der Waals surface area contributed by atoms with E-state index in [4.69, 9.17) is 15.3 Å². The Morgan fingerprint density at radius 2 is 2.10 bits per heavy atom. The summed E-state index contributed by atoms with van der Waals surface area (Å²) in [5.74, 6) is 7.38. The van der Waals surface area contributed by atoms with Crippen molar-refractivity contribution >= 4 is 0 Å². The Balaban J connectivity index is 2.38. The second-order valence-electron chi connectivity index (χ2n) is 5.81. The predicted molar refractivity (Wildman–Crippen MR) is 80.4 cm³/mol. The van der Waals surface area contributed by atoms with E-state index in [1.165, 1.54) is 12.8 Å². The van der Waals surface area contributed by atoms with Crippen LogP contribution in [-0.2, 0) is 4.74 Å². The van der Waals surface area contributed by atoms with E-state index >= 15 is 0 Å². The fourth-order valence-corrected chi connectivity index (χ4v) is 3.54. The molecule has 0 aliphatic heterocycles. The lowest BCUT2D eigenvalue weighted by Crippen LogP contribution is -2.50. The predicted octanol–water partition coefficient (Wildman–Crippen LogP) is 2.79. The van der Waals surface area contributed by atoms with Crippen LogP contribution in [0.2, 0.25) is 0 Å². The van der Waals surface area contributed by atoms with Gasteiger partial charge < -0.3 is 9.47 Å². The number of methoxy groups -OCH3 is 2. The van der Waals surface area contributed by atoms with Gasteiger partial charge >= 0.3 is 0 Å². The minimum atomic E-state index is -0.263. The van der Waals surface area contributed by atoms with Crippen molar-refractivity contribution in [3.8, 4) is 5.75 Å². The molecular weight excluding hydrogens is 252 g/mol. The molecule has 2 rings (SSSR count). The SMILES string of the molecule is COc1ccccc1C(NN)C1(OC)CCCC(C)C1. The third-order valence-corrected chi connectivity index (χ3v) is 4.54. The highest BCUT2D eigenvalue weighted by molar-refractivity contribution is 5.37. The zero-order valence-corrected chi connectivity index (χ0v) is 12.7. The molecule has 1 fully saturated rings. The number of hydrazine groups is 1. The van der Waals surface area contributed by atoms with Crippen molar-refractivity contribution in [2.75, 3.05) is 14.2 Å². The Hall–Kier alpha value is -1.10. The van der Waals surface area contributed by atoms with Gasteiger partial charge in [-0.1, -0.05) is 38.0 Å². The van der Waals surface area contributed by atoms with Crippen LogP contribution in [0.3, 0.4) is 0 Å². The van der Waals surface area contributed by atoms with Crippen molar-refractivity contribution in [1.29, 1.82) is 0 Å². The summed E-state index contributed by atoms with van der Waals surface area (Å²) >= 11 is 0. The molecular formula is C16H26N2O2. The first-order chi connectivity index (χ1) is 9.66. The molecule has 3 atom stereocenters. The average Bonchev–Trinajstić information content (AvgIpc) is 2.48. The molecule has 1 aromatic carbocycles. The highest BCUT2D eigenvalue weighted by atomic mass is 16.5. The lowest BCUT2D eigenvalue weighted by Gasteiger charge is -2.44. The molecule has 4 nitrogen and oxygen atoms in total. The Morgan fingerprint density at radius 1 is 1.35 bits per heavy atom. The molecule has 0 bridgehead atoms. The Labute approximate surface area is 121 Å². The van der Waals surface area contributed by atoms with Crippen LogP contribution in [0.25, 0.3) is 0 Å². The van der Waals surface area contributed by atoms with Crippen molar-refractivity contribution in [3.05, 3.63) is 29.8 Å². The van der Waals surface area contributed by atoms with Crippen LogP contribution in [0, 0.1) is 5.92 Å². The highest BCUT2D eigenvalue weighted by Gasteiger charge is 2.43. The van der Waals surface area contributed by atoms with Gasteiger partial charge in [0.15, 0.2) is 0 Å². The van der Waals surface area contributed by atoms with Gasteiger partial charge in [0.05, 0.1) is 18.8 Å². The van der Waals surface area contributed by atoms with Crippen molar-refractivity contribution in [1.82, 2.24) is 5.43 Å². The van der Waals surface area contributed by atoms with Crippen LogP contribution in [-0.4, -0.2) is 19.8 Å². The first-order valence-corrected chi connectivity index (χ1v) is 7.31. The number of benzene rings is 1. The Morgan fingerprint density at radius 3 is 2.70 bits per heavy atom. The van der Waals surface area contributed by atoms with Crippen molar-refractivity contribution in [2.24, 2.45) is 11.8 Å². The third kappa shape index (κ3) is 2.82. The monoisotopic (exact) mass is 278 g/mol. The Kier molecular flexibility index (Phi) is 5.02. The van der Waals surface area contributed by atoms with Gasteiger partial charge in [-0.2, -0.15) is 0 Å². The molecule has 0 radical (unpaired) electrons. The topological polar surface area (TPSA) is 56.5 Å². The van der Waals surface area contributed by atoms with Gasteiger partial charge in [0.25, 0.3) is 0 Å². The molecule has 0 amide bonds. The van der Waals surface area contributed by atoms with E-state index in [1.807, 2.05) is 18.2 Å². The van der Waals surface area contributed by atoms with Gasteiger partial charge in [0, 0.05) is 12.7 Å². The molecule has 3 unspecified atom stereocenters. The maximum atomic E-state index is 5.96. The molecule has 112 valence electrons. The molecule has 3 N–H and O–H groups in total. The summed E-state index contributed by atoms with van der Waals surface area (Å²) in [6.07, 6.45) is 4.45. The lowest BCUT2D eigenvalue weighted by atomic mass is 9.72. The molecule has 0 saturated heterocycles. The first kappa shape index (κ1) is 15.3. The standard InChI is InChI=1S/C16H26N2O2/c1-12-7-6-10-16(11-12,20-3)15(18-17)13-8-4-5-9-14(13)19-2/h4-5,8-9,12,15,18H,6-7,10-11,17H2,1-3H3. The molecule has 1 saturated carbocycles. The first-order valence-electron chi connectivity index (χ1n) is 7.31. The summed E-state index contributed by atoms with van der Waals surface area (Å²) in [4.78, 5) is 0. The van der Waals surface area contributed by atoms with Crippen LogP contribution < -0.4 is 16.0 Å². The van der Waals surface area contributed by atoms with Gasteiger partial charge in [-0.15, -0.1) is 0 Å². The van der Waals surface area contributed by atoms with Gasteiger partial charge in [-0.05, 0) is 24.8 Å². The van der Waals surface area contributed by atoms with Crippen LogP contribution in [0.15, 0.2) is 24.3 Å². The summed E-state index contributed by atoms with van der Waals surface area (Å²) in [6.45, 7) is 2.28. The molecule has 4 heteroatoms. The fraction of sp³-hybridized carbons (Fsp3) is 0.625. The van der Waals surface area contributed by atoms with E-state index in [1.54, 1.807) is 14.2 Å². The summed E-state index contributed by atoms with van der Waals surface area (Å²) in [7, 11) is 3.48. The quantitative estimate of drug-likeness (QED) is 0.642. The molecule has 1 aliphatic carbocycles. The second-order valence-corrected chi connectivity index (χ2v) is 5.81. The second kappa shape index (κ2) is 6.57. The minimum absolute atomic E-state index is 0.0635. The van der Waals surface area contributed by atoms with E-state index in [2.05, 4.69) is 18.4 Å². The highest BCUT2D eigenvalue weighted by Crippen LogP contribution is 2.44. The smallest absolute Gasteiger partial charge is 0.123 e. The number of para-hydroxylation sites is 1. The summed E-state index contributed by atoms with van der Waals surface area (Å²) in [6, 6.07) is 7.95. The number of hydrogen-bond donors (Lipinski definition) is 2. The summed E-state index contributed by atoms with van der Waals surface area (Å²) in [5, 5.41) is 0. The Bertz CT molecular complexity index is 438. The van der Waals surface area contributed by atoms with Gasteiger partial charge in [0.2, 0.25) is 0 Å². The van der Waals surface area contributed by atoms with E-state index in [-0.39, 0.29) is 11.6 Å². The van der Waals surface area contributed by atoms with Crippen LogP contribution in [0.5, 0.6) is 5.75 Å². The molecule has 0 heterocycles. The molecule has 1 aliphatic rings. The van der Waals surface area contributed by atoms with E-state index in [9.17, 15) is 0 Å². The molecule has 0 aromatic heterocycles. The van der Waals surface area contributed by atoms with Gasteiger partial charge in [0.1, 0.15) is 5.75 Å². The van der Waals surface area contributed by atoms with Crippen LogP contribution in [0.4, 0.5) is 0 Å².